The Labute approximate surface area is 119 Å². The molecule has 7 heteroatoms. The Balaban J connectivity index is 3.55. The Kier molecular flexibility index (Phi) is 4.45. The molecule has 0 saturated heterocycles. The van der Waals surface area contributed by atoms with Crippen molar-refractivity contribution in [2.24, 2.45) is 0 Å². The van der Waals surface area contributed by atoms with Crippen molar-refractivity contribution in [3.63, 3.8) is 0 Å². The van der Waals surface area contributed by atoms with E-state index < -0.39 is 21.5 Å². The minimum absolute atomic E-state index is 0.00144. The number of carbonyl (C=O) groups is 1. The first-order chi connectivity index (χ1) is 8.98. The van der Waals surface area contributed by atoms with Crippen LogP contribution in [0.2, 0.25) is 0 Å². The van der Waals surface area contributed by atoms with Crippen LogP contribution in [0, 0.1) is 6.92 Å². The lowest BCUT2D eigenvalue weighted by atomic mass is 10.1. The molecule has 0 spiro atoms. The van der Waals surface area contributed by atoms with Gasteiger partial charge in [-0.25, -0.2) is 17.9 Å². The highest BCUT2D eigenvalue weighted by molar-refractivity contribution is 7.89. The van der Waals surface area contributed by atoms with E-state index in [0.29, 0.717) is 5.56 Å². The first-order valence-electron chi connectivity index (χ1n) is 6.00. The number of benzene rings is 1. The number of ether oxygens (including phenoxy) is 1. The molecule has 1 rings (SSSR count). The molecular formula is C13H20N2O4S. The van der Waals surface area contributed by atoms with E-state index in [2.05, 4.69) is 9.46 Å². The number of nitrogens with two attached hydrogens (primary N) is 1. The molecule has 0 bridgehead atoms. The minimum Gasteiger partial charge on any atom is -0.465 e. The standard InChI is InChI=1S/C13H20N2O4S/c1-8-6-9(14)7-10(11(8)12(16)19-5)20(17,18)15-13(2,3)4/h6-7,15H,14H2,1-5H3. The van der Waals surface area contributed by atoms with Crippen LogP contribution >= 0.6 is 0 Å². The molecule has 112 valence electrons. The van der Waals surface area contributed by atoms with Gasteiger partial charge in [0.1, 0.15) is 0 Å². The van der Waals surface area contributed by atoms with E-state index >= 15 is 0 Å². The summed E-state index contributed by atoms with van der Waals surface area (Å²) in [6, 6.07) is 2.79. The van der Waals surface area contributed by atoms with Crippen LogP contribution in [0.1, 0.15) is 36.7 Å². The van der Waals surface area contributed by atoms with Gasteiger partial charge in [-0.2, -0.15) is 0 Å². The highest BCUT2D eigenvalue weighted by Gasteiger charge is 2.28. The van der Waals surface area contributed by atoms with Gasteiger partial charge in [0.05, 0.1) is 17.6 Å². The lowest BCUT2D eigenvalue weighted by Crippen LogP contribution is -2.41. The van der Waals surface area contributed by atoms with E-state index in [9.17, 15) is 13.2 Å². The molecule has 3 N–H and O–H groups in total. The Morgan fingerprint density at radius 1 is 1.30 bits per heavy atom. The van der Waals surface area contributed by atoms with Gasteiger partial charge >= 0.3 is 5.97 Å². The summed E-state index contributed by atoms with van der Waals surface area (Å²) in [4.78, 5) is 11.7. The van der Waals surface area contributed by atoms with E-state index in [1.807, 2.05) is 0 Å². The highest BCUT2D eigenvalue weighted by atomic mass is 32.2. The van der Waals surface area contributed by atoms with E-state index in [4.69, 9.17) is 5.73 Å². The van der Waals surface area contributed by atoms with Gasteiger partial charge in [0.15, 0.2) is 0 Å². The minimum atomic E-state index is -3.88. The van der Waals surface area contributed by atoms with Crippen LogP contribution in [-0.2, 0) is 14.8 Å². The zero-order valence-electron chi connectivity index (χ0n) is 12.3. The van der Waals surface area contributed by atoms with Gasteiger partial charge in [-0.3, -0.25) is 0 Å². The number of nitrogens with one attached hydrogen (secondary N) is 1. The van der Waals surface area contributed by atoms with Crippen molar-refractivity contribution in [2.75, 3.05) is 12.8 Å². The van der Waals surface area contributed by atoms with Crippen molar-refractivity contribution in [3.8, 4) is 0 Å². The number of hydrogen-bond donors (Lipinski definition) is 2. The summed E-state index contributed by atoms with van der Waals surface area (Å²) in [5.74, 6) is -0.711. The first-order valence-corrected chi connectivity index (χ1v) is 7.48. The van der Waals surface area contributed by atoms with Gasteiger partial charge in [-0.05, 0) is 45.4 Å². The molecule has 6 nitrogen and oxygen atoms in total. The lowest BCUT2D eigenvalue weighted by molar-refractivity contribution is 0.0595. The Bertz CT molecular complexity index is 631. The maximum absolute atomic E-state index is 12.4. The zero-order chi connectivity index (χ0) is 15.7. The molecule has 0 fully saturated rings. The Morgan fingerprint density at radius 2 is 1.85 bits per heavy atom. The van der Waals surface area contributed by atoms with Crippen molar-refractivity contribution in [1.82, 2.24) is 4.72 Å². The second-order valence-corrected chi connectivity index (χ2v) is 7.21. The van der Waals surface area contributed by atoms with E-state index in [0.717, 1.165) is 0 Å². The fourth-order valence-electron chi connectivity index (χ4n) is 1.82. The number of methoxy groups -OCH3 is 1. The second kappa shape index (κ2) is 5.41. The molecule has 0 aliphatic carbocycles. The smallest absolute Gasteiger partial charge is 0.339 e. The van der Waals surface area contributed by atoms with Crippen molar-refractivity contribution in [2.45, 2.75) is 38.1 Å². The number of anilines is 1. The van der Waals surface area contributed by atoms with Crippen molar-refractivity contribution in [1.29, 1.82) is 0 Å². The summed E-state index contributed by atoms with van der Waals surface area (Å²) >= 11 is 0. The molecule has 0 amide bonds. The predicted molar refractivity (Wildman–Crippen MR) is 77.0 cm³/mol. The van der Waals surface area contributed by atoms with E-state index in [-0.39, 0.29) is 16.1 Å². The normalized spacial score (nSPS) is 12.2. The maximum Gasteiger partial charge on any atom is 0.339 e. The molecule has 1 aromatic carbocycles. The molecule has 0 heterocycles. The summed E-state index contributed by atoms with van der Waals surface area (Å²) in [7, 11) is -2.68. The summed E-state index contributed by atoms with van der Waals surface area (Å²) < 4.78 is 32.0. The topological polar surface area (TPSA) is 98.5 Å². The Morgan fingerprint density at radius 3 is 2.30 bits per heavy atom. The van der Waals surface area contributed by atoms with Gasteiger partial charge in [-0.1, -0.05) is 0 Å². The molecule has 0 radical (unpaired) electrons. The molecule has 1 aromatic rings. The Hall–Kier alpha value is -1.60. The van der Waals surface area contributed by atoms with Gasteiger partial charge in [0, 0.05) is 11.2 Å². The lowest BCUT2D eigenvalue weighted by Gasteiger charge is -2.22. The quantitative estimate of drug-likeness (QED) is 0.650. The summed E-state index contributed by atoms with van der Waals surface area (Å²) in [5, 5.41) is 0. The number of sulfonamides is 1. The zero-order valence-corrected chi connectivity index (χ0v) is 13.1. The van der Waals surface area contributed by atoms with Crippen LogP contribution in [0.4, 0.5) is 5.69 Å². The van der Waals surface area contributed by atoms with Crippen LogP contribution in [0.3, 0.4) is 0 Å². The summed E-state index contributed by atoms with van der Waals surface area (Å²) in [6.45, 7) is 6.74. The average molecular weight is 300 g/mol. The van der Waals surface area contributed by atoms with E-state index in [1.165, 1.54) is 19.2 Å². The first kappa shape index (κ1) is 16.5. The van der Waals surface area contributed by atoms with Gasteiger partial charge in [0.2, 0.25) is 10.0 Å². The van der Waals surface area contributed by atoms with Crippen LogP contribution in [0.5, 0.6) is 0 Å². The van der Waals surface area contributed by atoms with Crippen molar-refractivity contribution >= 4 is 21.7 Å². The number of carbonyl (C=O) groups excluding carboxylic acids is 1. The predicted octanol–water partition coefficient (Wildman–Crippen LogP) is 1.44. The molecule has 20 heavy (non-hydrogen) atoms. The number of nitrogen functional groups attached to an aromatic ring is 1. The summed E-state index contributed by atoms with van der Waals surface area (Å²) in [5.41, 5.74) is 5.73. The van der Waals surface area contributed by atoms with Crippen LogP contribution < -0.4 is 10.5 Å². The van der Waals surface area contributed by atoms with E-state index in [1.54, 1.807) is 27.7 Å². The SMILES string of the molecule is COC(=O)c1c(C)cc(N)cc1S(=O)(=O)NC(C)(C)C. The fraction of sp³-hybridized carbons (Fsp3) is 0.462. The third kappa shape index (κ3) is 3.71. The second-order valence-electron chi connectivity index (χ2n) is 5.56. The molecule has 0 saturated carbocycles. The third-order valence-electron chi connectivity index (χ3n) is 2.44. The average Bonchev–Trinajstić information content (AvgIpc) is 2.23. The molecule has 0 aromatic heterocycles. The molecule has 0 aliphatic rings. The molecule has 0 unspecified atom stereocenters. The largest absolute Gasteiger partial charge is 0.465 e. The van der Waals surface area contributed by atoms with Gasteiger partial charge in [0.25, 0.3) is 0 Å². The highest BCUT2D eigenvalue weighted by Crippen LogP contribution is 2.25. The molecule has 0 aliphatic heterocycles. The fourth-order valence-corrected chi connectivity index (χ4v) is 3.54. The van der Waals surface area contributed by atoms with Crippen LogP contribution in [0.25, 0.3) is 0 Å². The van der Waals surface area contributed by atoms with Gasteiger partial charge in [-0.15, -0.1) is 0 Å². The number of rotatable bonds is 3. The molecule has 0 atom stereocenters. The monoisotopic (exact) mass is 300 g/mol. The summed E-state index contributed by atoms with van der Waals surface area (Å²) in [6.07, 6.45) is 0. The number of aryl methyl sites for hydroxylation is 1. The van der Waals surface area contributed by atoms with Gasteiger partial charge < -0.3 is 10.5 Å². The maximum atomic E-state index is 12.4. The van der Waals surface area contributed by atoms with Crippen LogP contribution in [-0.4, -0.2) is 27.0 Å². The molecular weight excluding hydrogens is 280 g/mol. The number of esters is 1. The van der Waals surface area contributed by atoms with Crippen LogP contribution in [0.15, 0.2) is 17.0 Å². The van der Waals surface area contributed by atoms with Crippen molar-refractivity contribution < 1.29 is 17.9 Å². The number of hydrogen-bond acceptors (Lipinski definition) is 5. The third-order valence-corrected chi connectivity index (χ3v) is 4.22. The van der Waals surface area contributed by atoms with Crippen molar-refractivity contribution in [3.05, 3.63) is 23.3 Å².